The molecule has 1 aromatic heterocycles. The first-order chi connectivity index (χ1) is 14.6. The fourth-order valence-corrected chi connectivity index (χ4v) is 2.93. The SMILES string of the molecule is COc1ccc(-c2cc(C(F)(F)F)[nH]n2)c(O)c1-c1cc(C(F)(F)F)cc(C(F)(F)F)c1. The van der Waals surface area contributed by atoms with E-state index in [4.69, 9.17) is 4.74 Å². The highest BCUT2D eigenvalue weighted by Gasteiger charge is 2.38. The first-order valence-corrected chi connectivity index (χ1v) is 8.45. The molecule has 0 amide bonds. The minimum Gasteiger partial charge on any atom is -0.506 e. The highest BCUT2D eigenvalue weighted by molar-refractivity contribution is 5.85. The predicted molar refractivity (Wildman–Crippen MR) is 92.7 cm³/mol. The number of nitrogens with zero attached hydrogens (tertiary/aromatic N) is 1. The van der Waals surface area contributed by atoms with Gasteiger partial charge in [-0.25, -0.2) is 0 Å². The number of aromatic amines is 1. The summed E-state index contributed by atoms with van der Waals surface area (Å²) in [5, 5.41) is 15.7. The molecule has 0 fully saturated rings. The van der Waals surface area contributed by atoms with Crippen LogP contribution in [0, 0.1) is 0 Å². The smallest absolute Gasteiger partial charge is 0.432 e. The zero-order valence-corrected chi connectivity index (χ0v) is 15.7. The third-order valence-corrected chi connectivity index (χ3v) is 4.40. The molecule has 0 atom stereocenters. The van der Waals surface area contributed by atoms with Crippen molar-refractivity contribution in [2.75, 3.05) is 7.11 Å². The van der Waals surface area contributed by atoms with Gasteiger partial charge in [0.25, 0.3) is 0 Å². The Hall–Kier alpha value is -3.38. The Morgan fingerprint density at radius 1 is 0.812 bits per heavy atom. The number of hydrogen-bond donors (Lipinski definition) is 2. The molecule has 3 aromatic rings. The van der Waals surface area contributed by atoms with Crippen molar-refractivity contribution in [3.05, 3.63) is 53.2 Å². The lowest BCUT2D eigenvalue weighted by atomic mass is 9.95. The quantitative estimate of drug-likeness (QED) is 0.429. The minimum atomic E-state index is -5.15. The molecular formula is C19H11F9N2O2. The van der Waals surface area contributed by atoms with Gasteiger partial charge in [-0.1, -0.05) is 0 Å². The number of ether oxygens (including phenoxy) is 1. The highest BCUT2D eigenvalue weighted by atomic mass is 19.4. The number of phenolic OH excluding ortho intramolecular Hbond substituents is 1. The van der Waals surface area contributed by atoms with Gasteiger partial charge < -0.3 is 9.84 Å². The lowest BCUT2D eigenvalue weighted by Gasteiger charge is -2.17. The van der Waals surface area contributed by atoms with Crippen LogP contribution in [-0.4, -0.2) is 22.4 Å². The number of rotatable bonds is 3. The molecule has 172 valence electrons. The van der Waals surface area contributed by atoms with Crippen LogP contribution in [0.15, 0.2) is 36.4 Å². The van der Waals surface area contributed by atoms with Crippen molar-refractivity contribution in [2.45, 2.75) is 18.5 Å². The Balaban J connectivity index is 2.28. The number of methoxy groups -OCH3 is 1. The number of benzene rings is 2. The Morgan fingerprint density at radius 3 is 1.81 bits per heavy atom. The number of hydrogen-bond acceptors (Lipinski definition) is 3. The fourth-order valence-electron chi connectivity index (χ4n) is 2.93. The van der Waals surface area contributed by atoms with E-state index in [-0.39, 0.29) is 17.4 Å². The average molecular weight is 470 g/mol. The highest BCUT2D eigenvalue weighted by Crippen LogP contribution is 2.47. The molecule has 0 aliphatic heterocycles. The van der Waals surface area contributed by atoms with Gasteiger partial charge >= 0.3 is 18.5 Å². The minimum absolute atomic E-state index is 0.0970. The molecule has 2 N–H and O–H groups in total. The standard InChI is InChI=1S/C19H11F9N2O2/c1-32-13-3-2-11(12-7-14(30-29-12)19(26,27)28)16(31)15(13)8-4-9(17(20,21)22)6-10(5-8)18(23,24)25/h2-7,31H,1H3,(H,29,30). The van der Waals surface area contributed by atoms with Gasteiger partial charge in [-0.2, -0.15) is 44.6 Å². The molecule has 2 aromatic carbocycles. The molecule has 4 nitrogen and oxygen atoms in total. The van der Waals surface area contributed by atoms with Crippen LogP contribution in [0.2, 0.25) is 0 Å². The van der Waals surface area contributed by atoms with Crippen LogP contribution in [0.25, 0.3) is 22.4 Å². The molecule has 0 radical (unpaired) electrons. The first kappa shape index (κ1) is 23.3. The Labute approximate surface area is 173 Å². The molecular weight excluding hydrogens is 459 g/mol. The topological polar surface area (TPSA) is 58.1 Å². The number of phenols is 1. The summed E-state index contributed by atoms with van der Waals surface area (Å²) in [5.74, 6) is -1.23. The van der Waals surface area contributed by atoms with Gasteiger partial charge in [-0.15, -0.1) is 0 Å². The number of aromatic hydroxyl groups is 1. The van der Waals surface area contributed by atoms with Crippen LogP contribution >= 0.6 is 0 Å². The maximum absolute atomic E-state index is 13.2. The van der Waals surface area contributed by atoms with Crippen molar-refractivity contribution in [3.8, 4) is 33.9 Å². The van der Waals surface area contributed by atoms with Gasteiger partial charge in [-0.3, -0.25) is 5.10 Å². The van der Waals surface area contributed by atoms with E-state index < -0.39 is 57.9 Å². The molecule has 0 saturated carbocycles. The normalized spacial score (nSPS) is 12.8. The number of aromatic nitrogens is 2. The van der Waals surface area contributed by atoms with Gasteiger partial charge in [0.15, 0.2) is 0 Å². The van der Waals surface area contributed by atoms with Gasteiger partial charge in [-0.05, 0) is 42.0 Å². The van der Waals surface area contributed by atoms with Crippen molar-refractivity contribution in [3.63, 3.8) is 0 Å². The summed E-state index contributed by atoms with van der Waals surface area (Å²) >= 11 is 0. The van der Waals surface area contributed by atoms with Crippen LogP contribution in [-0.2, 0) is 18.5 Å². The van der Waals surface area contributed by atoms with E-state index in [1.54, 1.807) is 5.10 Å². The van der Waals surface area contributed by atoms with Crippen molar-refractivity contribution in [2.24, 2.45) is 0 Å². The molecule has 32 heavy (non-hydrogen) atoms. The predicted octanol–water partition coefficient (Wildman–Crippen LogP) is 6.51. The molecule has 13 heteroatoms. The second kappa shape index (κ2) is 7.64. The second-order valence-electron chi connectivity index (χ2n) is 6.50. The Bertz CT molecular complexity index is 1110. The number of nitrogens with one attached hydrogen (secondary N) is 1. The summed E-state index contributed by atoms with van der Waals surface area (Å²) in [5.41, 5.74) is -6.68. The lowest BCUT2D eigenvalue weighted by Crippen LogP contribution is -2.11. The Morgan fingerprint density at radius 2 is 1.38 bits per heavy atom. The molecule has 1 heterocycles. The summed E-state index contributed by atoms with van der Waals surface area (Å²) in [6.45, 7) is 0. The van der Waals surface area contributed by atoms with Crippen molar-refractivity contribution < 1.29 is 49.4 Å². The summed E-state index contributed by atoms with van der Waals surface area (Å²) < 4.78 is 123. The van der Waals surface area contributed by atoms with Crippen LogP contribution in [0.4, 0.5) is 39.5 Å². The molecule has 3 rings (SSSR count). The monoisotopic (exact) mass is 470 g/mol. The van der Waals surface area contributed by atoms with E-state index in [1.807, 2.05) is 0 Å². The third kappa shape index (κ3) is 4.46. The third-order valence-electron chi connectivity index (χ3n) is 4.40. The van der Waals surface area contributed by atoms with Crippen LogP contribution < -0.4 is 4.74 Å². The average Bonchev–Trinajstić information content (AvgIpc) is 3.16. The number of halogens is 9. The molecule has 0 saturated heterocycles. The largest absolute Gasteiger partial charge is 0.506 e. The van der Waals surface area contributed by atoms with Gasteiger partial charge in [0.05, 0.1) is 29.5 Å². The Kier molecular flexibility index (Phi) is 5.56. The summed E-state index contributed by atoms with van der Waals surface area (Å²) in [6, 6.07) is 3.29. The number of alkyl halides is 9. The van der Waals surface area contributed by atoms with Crippen LogP contribution in [0.1, 0.15) is 16.8 Å². The van der Waals surface area contributed by atoms with Crippen LogP contribution in [0.3, 0.4) is 0 Å². The molecule has 0 aliphatic rings. The van der Waals surface area contributed by atoms with E-state index in [0.29, 0.717) is 18.2 Å². The van der Waals surface area contributed by atoms with E-state index in [1.165, 1.54) is 0 Å². The van der Waals surface area contributed by atoms with Gasteiger partial charge in [0, 0.05) is 5.56 Å². The van der Waals surface area contributed by atoms with Crippen molar-refractivity contribution in [1.82, 2.24) is 10.2 Å². The molecule has 0 aliphatic carbocycles. The summed E-state index contributed by atoms with van der Waals surface area (Å²) in [7, 11) is 1.05. The van der Waals surface area contributed by atoms with Gasteiger partial charge in [0.2, 0.25) is 0 Å². The van der Waals surface area contributed by atoms with E-state index in [9.17, 15) is 44.6 Å². The fraction of sp³-hybridized carbons (Fsp3) is 0.211. The summed E-state index contributed by atoms with van der Waals surface area (Å²) in [4.78, 5) is 0. The first-order valence-electron chi connectivity index (χ1n) is 8.45. The number of H-pyrrole nitrogens is 1. The van der Waals surface area contributed by atoms with Crippen molar-refractivity contribution in [1.29, 1.82) is 0 Å². The summed E-state index contributed by atoms with van der Waals surface area (Å²) in [6.07, 6.45) is -15.1. The zero-order chi connectivity index (χ0) is 24.1. The maximum atomic E-state index is 13.2. The second-order valence-corrected chi connectivity index (χ2v) is 6.50. The molecule has 0 unspecified atom stereocenters. The molecule has 0 bridgehead atoms. The lowest BCUT2D eigenvalue weighted by molar-refractivity contribution is -0.143. The van der Waals surface area contributed by atoms with Crippen molar-refractivity contribution >= 4 is 0 Å². The van der Waals surface area contributed by atoms with E-state index in [0.717, 1.165) is 19.2 Å². The van der Waals surface area contributed by atoms with Crippen LogP contribution in [0.5, 0.6) is 11.5 Å². The van der Waals surface area contributed by atoms with Gasteiger partial charge in [0.1, 0.15) is 17.2 Å². The maximum Gasteiger partial charge on any atom is 0.432 e. The van der Waals surface area contributed by atoms with E-state index in [2.05, 4.69) is 5.10 Å². The zero-order valence-electron chi connectivity index (χ0n) is 15.7. The molecule has 0 spiro atoms. The van der Waals surface area contributed by atoms with E-state index >= 15 is 0 Å².